The zero-order chi connectivity index (χ0) is 13.7. The number of carboxylic acid groups (broad SMARTS) is 1. The van der Waals surface area contributed by atoms with Crippen LogP contribution in [0.15, 0.2) is 0 Å². The summed E-state index contributed by atoms with van der Waals surface area (Å²) in [6, 6.07) is -0.0102. The van der Waals surface area contributed by atoms with Crippen molar-refractivity contribution in [2.45, 2.75) is 58.5 Å². The highest BCUT2D eigenvalue weighted by Gasteiger charge is 2.30. The molecule has 5 nitrogen and oxygen atoms in total. The van der Waals surface area contributed by atoms with Crippen molar-refractivity contribution in [2.75, 3.05) is 0 Å². The molecule has 18 heavy (non-hydrogen) atoms. The molecule has 0 spiro atoms. The van der Waals surface area contributed by atoms with Gasteiger partial charge in [-0.1, -0.05) is 20.8 Å². The lowest BCUT2D eigenvalue weighted by atomic mass is 10.0. The first-order valence-electron chi connectivity index (χ1n) is 6.73. The molecule has 0 saturated heterocycles. The van der Waals surface area contributed by atoms with Gasteiger partial charge in [-0.3, -0.25) is 4.79 Å². The van der Waals surface area contributed by atoms with Crippen LogP contribution in [0, 0.1) is 11.8 Å². The maximum Gasteiger partial charge on any atom is 0.315 e. The summed E-state index contributed by atoms with van der Waals surface area (Å²) < 4.78 is 0. The van der Waals surface area contributed by atoms with E-state index in [0.717, 1.165) is 12.8 Å². The molecule has 0 bridgehead atoms. The van der Waals surface area contributed by atoms with Gasteiger partial charge in [0, 0.05) is 12.1 Å². The summed E-state index contributed by atoms with van der Waals surface area (Å²) in [5.74, 6) is -0.660. The molecule has 0 radical (unpaired) electrons. The molecule has 0 aromatic carbocycles. The van der Waals surface area contributed by atoms with Crippen LogP contribution in [-0.4, -0.2) is 29.2 Å². The second kappa shape index (κ2) is 6.61. The quantitative estimate of drug-likeness (QED) is 0.703. The summed E-state index contributed by atoms with van der Waals surface area (Å²) in [7, 11) is 0. The number of carbonyl (C=O) groups excluding carboxylic acids is 1. The van der Waals surface area contributed by atoms with E-state index in [1.165, 1.54) is 0 Å². The second-order valence-electron chi connectivity index (χ2n) is 5.42. The van der Waals surface area contributed by atoms with Gasteiger partial charge in [-0.25, -0.2) is 4.79 Å². The van der Waals surface area contributed by atoms with Crippen molar-refractivity contribution in [1.29, 1.82) is 0 Å². The molecule has 1 unspecified atom stereocenters. The molecule has 2 amide bonds. The summed E-state index contributed by atoms with van der Waals surface area (Å²) in [4.78, 5) is 22.6. The van der Waals surface area contributed by atoms with Crippen molar-refractivity contribution in [1.82, 2.24) is 10.6 Å². The average Bonchev–Trinajstić information content (AvgIpc) is 2.74. The fraction of sp³-hybridized carbons (Fsp3) is 0.846. The number of aliphatic carboxylic acids is 1. The number of hydrogen-bond donors (Lipinski definition) is 3. The molecule has 1 aliphatic rings. The van der Waals surface area contributed by atoms with E-state index < -0.39 is 5.97 Å². The normalized spacial score (nSPS) is 24.9. The third kappa shape index (κ3) is 4.20. The summed E-state index contributed by atoms with van der Waals surface area (Å²) >= 11 is 0. The van der Waals surface area contributed by atoms with Crippen molar-refractivity contribution in [3.05, 3.63) is 0 Å². The molecule has 0 heterocycles. The zero-order valence-corrected chi connectivity index (χ0v) is 11.4. The summed E-state index contributed by atoms with van der Waals surface area (Å²) in [5.41, 5.74) is 0. The Morgan fingerprint density at radius 3 is 2.44 bits per heavy atom. The van der Waals surface area contributed by atoms with Crippen molar-refractivity contribution in [3.63, 3.8) is 0 Å². The highest BCUT2D eigenvalue weighted by Crippen LogP contribution is 2.25. The van der Waals surface area contributed by atoms with Crippen molar-refractivity contribution >= 4 is 12.0 Å². The number of carboxylic acids is 1. The Labute approximate surface area is 108 Å². The van der Waals surface area contributed by atoms with Gasteiger partial charge in [0.15, 0.2) is 0 Å². The molecule has 1 rings (SSSR count). The van der Waals surface area contributed by atoms with Crippen molar-refractivity contribution < 1.29 is 14.7 Å². The van der Waals surface area contributed by atoms with Gasteiger partial charge < -0.3 is 15.7 Å². The fourth-order valence-electron chi connectivity index (χ4n) is 2.47. The molecule has 0 aromatic heterocycles. The smallest absolute Gasteiger partial charge is 0.315 e. The van der Waals surface area contributed by atoms with Crippen LogP contribution in [0.3, 0.4) is 0 Å². The van der Waals surface area contributed by atoms with Crippen LogP contribution in [0.1, 0.15) is 46.5 Å². The maximum atomic E-state index is 11.8. The third-order valence-corrected chi connectivity index (χ3v) is 3.68. The minimum absolute atomic E-state index is 0.00392. The van der Waals surface area contributed by atoms with E-state index in [4.69, 9.17) is 5.11 Å². The Morgan fingerprint density at radius 2 is 2.00 bits per heavy atom. The van der Waals surface area contributed by atoms with E-state index >= 15 is 0 Å². The Hall–Kier alpha value is -1.26. The Morgan fingerprint density at radius 1 is 1.33 bits per heavy atom. The third-order valence-electron chi connectivity index (χ3n) is 3.68. The molecular weight excluding hydrogens is 232 g/mol. The number of urea groups is 1. The number of carbonyl (C=O) groups is 2. The first-order chi connectivity index (χ1) is 8.43. The van der Waals surface area contributed by atoms with Crippen LogP contribution >= 0.6 is 0 Å². The first kappa shape index (κ1) is 14.8. The predicted molar refractivity (Wildman–Crippen MR) is 69.3 cm³/mol. The fourth-order valence-corrected chi connectivity index (χ4v) is 2.47. The van der Waals surface area contributed by atoms with Gasteiger partial charge in [0.2, 0.25) is 0 Å². The van der Waals surface area contributed by atoms with Gasteiger partial charge in [0.25, 0.3) is 0 Å². The topological polar surface area (TPSA) is 78.4 Å². The number of rotatable bonds is 5. The minimum atomic E-state index is -0.756. The van der Waals surface area contributed by atoms with E-state index in [2.05, 4.69) is 24.5 Å². The molecule has 104 valence electrons. The van der Waals surface area contributed by atoms with Gasteiger partial charge in [0.05, 0.1) is 5.92 Å². The maximum absolute atomic E-state index is 11.8. The Bertz CT molecular complexity index is 305. The van der Waals surface area contributed by atoms with Gasteiger partial charge in [-0.05, 0) is 31.6 Å². The lowest BCUT2D eigenvalue weighted by molar-refractivity contribution is -0.141. The summed E-state index contributed by atoms with van der Waals surface area (Å²) in [5, 5.41) is 14.7. The SMILES string of the molecule is CCC(NC(=O)N[C@H]1CC[C@@H](C(=O)O)C1)C(C)C. The lowest BCUT2D eigenvalue weighted by Crippen LogP contribution is -2.47. The molecular formula is C13H24N2O3. The predicted octanol–water partition coefficient (Wildman–Crippen LogP) is 1.97. The standard InChI is InChI=1S/C13H24N2O3/c1-4-11(8(2)3)15-13(18)14-10-6-5-9(7-10)12(16)17/h8-11H,4-7H2,1-3H3,(H,16,17)(H2,14,15,18)/t9-,10+,11?/m1/s1. The van der Waals surface area contributed by atoms with E-state index in [1.54, 1.807) is 0 Å². The Kier molecular flexibility index (Phi) is 5.44. The van der Waals surface area contributed by atoms with Crippen molar-refractivity contribution in [2.24, 2.45) is 11.8 Å². The van der Waals surface area contributed by atoms with Gasteiger partial charge in [-0.2, -0.15) is 0 Å². The van der Waals surface area contributed by atoms with E-state index in [9.17, 15) is 9.59 Å². The van der Waals surface area contributed by atoms with Gasteiger partial charge in [0.1, 0.15) is 0 Å². The van der Waals surface area contributed by atoms with Crippen LogP contribution in [0.4, 0.5) is 4.79 Å². The summed E-state index contributed by atoms with van der Waals surface area (Å²) in [6.07, 6.45) is 2.85. The molecule has 1 saturated carbocycles. The van der Waals surface area contributed by atoms with Gasteiger partial charge in [-0.15, -0.1) is 0 Å². The van der Waals surface area contributed by atoms with Crippen LogP contribution in [-0.2, 0) is 4.79 Å². The van der Waals surface area contributed by atoms with E-state index in [0.29, 0.717) is 18.8 Å². The zero-order valence-electron chi connectivity index (χ0n) is 11.4. The van der Waals surface area contributed by atoms with Crippen LogP contribution in [0.2, 0.25) is 0 Å². The highest BCUT2D eigenvalue weighted by atomic mass is 16.4. The molecule has 3 atom stereocenters. The number of hydrogen-bond acceptors (Lipinski definition) is 2. The Balaban J connectivity index is 2.35. The molecule has 3 N–H and O–H groups in total. The highest BCUT2D eigenvalue weighted by molar-refractivity contribution is 5.75. The largest absolute Gasteiger partial charge is 0.481 e. The van der Waals surface area contributed by atoms with Crippen LogP contribution in [0.5, 0.6) is 0 Å². The second-order valence-corrected chi connectivity index (χ2v) is 5.42. The van der Waals surface area contributed by atoms with E-state index in [1.807, 2.05) is 6.92 Å². The lowest BCUT2D eigenvalue weighted by Gasteiger charge is -2.22. The first-order valence-corrected chi connectivity index (χ1v) is 6.73. The molecule has 0 aliphatic heterocycles. The van der Waals surface area contributed by atoms with E-state index in [-0.39, 0.29) is 24.0 Å². The molecule has 5 heteroatoms. The number of amides is 2. The molecule has 0 aromatic rings. The average molecular weight is 256 g/mol. The molecule has 1 fully saturated rings. The molecule has 1 aliphatic carbocycles. The number of nitrogens with one attached hydrogen (secondary N) is 2. The summed E-state index contributed by atoms with van der Waals surface area (Å²) in [6.45, 7) is 6.19. The van der Waals surface area contributed by atoms with Gasteiger partial charge >= 0.3 is 12.0 Å². The minimum Gasteiger partial charge on any atom is -0.481 e. The van der Waals surface area contributed by atoms with Crippen LogP contribution < -0.4 is 10.6 Å². The van der Waals surface area contributed by atoms with Crippen molar-refractivity contribution in [3.8, 4) is 0 Å². The van der Waals surface area contributed by atoms with Crippen LogP contribution in [0.25, 0.3) is 0 Å². The monoisotopic (exact) mass is 256 g/mol.